The Kier molecular flexibility index (Phi) is 3.86. The molecular formula is C17H21BClNO3. The van der Waals surface area contributed by atoms with Crippen molar-refractivity contribution >= 4 is 35.9 Å². The summed E-state index contributed by atoms with van der Waals surface area (Å²) in [6.07, 6.45) is 2.78. The Bertz CT molecular complexity index is 737. The minimum Gasteiger partial charge on any atom is -0.493 e. The van der Waals surface area contributed by atoms with Crippen LogP contribution >= 0.6 is 12.4 Å². The van der Waals surface area contributed by atoms with Crippen LogP contribution in [0, 0.1) is 0 Å². The van der Waals surface area contributed by atoms with Crippen molar-refractivity contribution in [1.29, 1.82) is 0 Å². The Morgan fingerprint density at radius 3 is 2.43 bits per heavy atom. The molecule has 0 atom stereocenters. The Morgan fingerprint density at radius 1 is 1.04 bits per heavy atom. The Balaban J connectivity index is 0.00000156. The number of rotatable bonds is 1. The van der Waals surface area contributed by atoms with Gasteiger partial charge in [0.25, 0.3) is 0 Å². The average Bonchev–Trinajstić information content (AvgIpc) is 2.68. The van der Waals surface area contributed by atoms with Crippen molar-refractivity contribution in [3.05, 3.63) is 30.0 Å². The van der Waals surface area contributed by atoms with E-state index in [1.54, 1.807) is 0 Å². The zero-order valence-corrected chi connectivity index (χ0v) is 14.7. The molecule has 0 amide bonds. The summed E-state index contributed by atoms with van der Waals surface area (Å²) in [6.45, 7) is 8.98. The highest BCUT2D eigenvalue weighted by Gasteiger charge is 2.52. The van der Waals surface area contributed by atoms with Crippen molar-refractivity contribution in [1.82, 2.24) is 4.98 Å². The SMILES string of the molecule is CC1(C)OB(c2ccc3c4c(ccnc24)CCO3)OC1(C)C.Cl. The predicted octanol–water partition coefficient (Wildman–Crippen LogP) is 2.89. The summed E-state index contributed by atoms with van der Waals surface area (Å²) in [6, 6.07) is 6.09. The first-order valence-electron chi connectivity index (χ1n) is 7.78. The van der Waals surface area contributed by atoms with E-state index in [0.717, 1.165) is 35.1 Å². The summed E-state index contributed by atoms with van der Waals surface area (Å²) in [5.74, 6) is 0.907. The number of benzene rings is 1. The standard InChI is InChI=1S/C17H20BNO3.ClH/c1-16(2)17(3,4)22-18(21-16)12-5-6-13-14-11(8-10-20-13)7-9-19-15(12)14;/h5-7,9H,8,10H2,1-4H3;1H. The molecule has 3 heterocycles. The monoisotopic (exact) mass is 333 g/mol. The first-order valence-corrected chi connectivity index (χ1v) is 7.78. The van der Waals surface area contributed by atoms with Crippen LogP contribution in [-0.2, 0) is 15.7 Å². The van der Waals surface area contributed by atoms with E-state index in [1.165, 1.54) is 5.56 Å². The molecule has 1 aromatic carbocycles. The average molecular weight is 334 g/mol. The Labute approximate surface area is 143 Å². The zero-order chi connectivity index (χ0) is 15.5. The third-order valence-corrected chi connectivity index (χ3v) is 5.11. The van der Waals surface area contributed by atoms with Crippen LogP contribution in [0.4, 0.5) is 0 Å². The van der Waals surface area contributed by atoms with Gasteiger partial charge in [-0.3, -0.25) is 4.98 Å². The summed E-state index contributed by atoms with van der Waals surface area (Å²) in [7, 11) is -0.399. The second-order valence-corrected chi connectivity index (χ2v) is 7.03. The molecule has 0 saturated carbocycles. The number of nitrogens with zero attached hydrogens (tertiary/aromatic N) is 1. The Hall–Kier alpha value is -1.30. The molecule has 2 aliphatic heterocycles. The maximum absolute atomic E-state index is 6.19. The van der Waals surface area contributed by atoms with Gasteiger partial charge in [0.05, 0.1) is 23.3 Å². The van der Waals surface area contributed by atoms with Gasteiger partial charge in [-0.05, 0) is 45.4 Å². The highest BCUT2D eigenvalue weighted by atomic mass is 35.5. The number of hydrogen-bond donors (Lipinski definition) is 0. The lowest BCUT2D eigenvalue weighted by Crippen LogP contribution is -2.41. The molecule has 4 rings (SSSR count). The van der Waals surface area contributed by atoms with Crippen LogP contribution in [0.15, 0.2) is 24.4 Å². The highest BCUT2D eigenvalue weighted by molar-refractivity contribution is 6.65. The van der Waals surface area contributed by atoms with Crippen molar-refractivity contribution in [3.63, 3.8) is 0 Å². The quantitative estimate of drug-likeness (QED) is 0.753. The van der Waals surface area contributed by atoms with Gasteiger partial charge >= 0.3 is 7.12 Å². The minimum absolute atomic E-state index is 0. The van der Waals surface area contributed by atoms with Gasteiger partial charge in [-0.2, -0.15) is 0 Å². The van der Waals surface area contributed by atoms with Gasteiger partial charge in [0.15, 0.2) is 0 Å². The number of halogens is 1. The molecular weight excluding hydrogens is 312 g/mol. The fraction of sp³-hybridized carbons (Fsp3) is 0.471. The van der Waals surface area contributed by atoms with Gasteiger partial charge in [-0.15, -0.1) is 12.4 Å². The first-order chi connectivity index (χ1) is 10.4. The van der Waals surface area contributed by atoms with Crippen molar-refractivity contribution < 1.29 is 14.0 Å². The molecule has 0 aliphatic carbocycles. The summed E-state index contributed by atoms with van der Waals surface area (Å²) in [5, 5.41) is 1.10. The largest absolute Gasteiger partial charge is 0.497 e. The van der Waals surface area contributed by atoms with Crippen molar-refractivity contribution in [2.45, 2.75) is 45.3 Å². The van der Waals surface area contributed by atoms with Gasteiger partial charge in [0.2, 0.25) is 0 Å². The second-order valence-electron chi connectivity index (χ2n) is 7.03. The van der Waals surface area contributed by atoms with Crippen LogP contribution < -0.4 is 10.2 Å². The molecule has 0 radical (unpaired) electrons. The fourth-order valence-corrected chi connectivity index (χ4v) is 3.08. The van der Waals surface area contributed by atoms with E-state index >= 15 is 0 Å². The molecule has 1 aromatic heterocycles. The molecule has 0 N–H and O–H groups in total. The lowest BCUT2D eigenvalue weighted by atomic mass is 9.77. The minimum atomic E-state index is -0.399. The first kappa shape index (κ1) is 16.6. The van der Waals surface area contributed by atoms with E-state index in [0.29, 0.717) is 0 Å². The topological polar surface area (TPSA) is 40.6 Å². The van der Waals surface area contributed by atoms with E-state index in [4.69, 9.17) is 14.0 Å². The van der Waals surface area contributed by atoms with Crippen LogP contribution in [0.25, 0.3) is 10.9 Å². The maximum Gasteiger partial charge on any atom is 0.497 e. The number of aromatic nitrogens is 1. The lowest BCUT2D eigenvalue weighted by Gasteiger charge is -2.32. The molecule has 4 nitrogen and oxygen atoms in total. The van der Waals surface area contributed by atoms with Crippen LogP contribution in [-0.4, -0.2) is 29.9 Å². The molecule has 2 aromatic rings. The number of ether oxygens (including phenoxy) is 1. The Morgan fingerprint density at radius 2 is 1.74 bits per heavy atom. The molecule has 1 fully saturated rings. The number of hydrogen-bond acceptors (Lipinski definition) is 4. The highest BCUT2D eigenvalue weighted by Crippen LogP contribution is 2.38. The molecule has 23 heavy (non-hydrogen) atoms. The van der Waals surface area contributed by atoms with Crippen molar-refractivity contribution in [3.8, 4) is 5.75 Å². The van der Waals surface area contributed by atoms with Gasteiger partial charge in [0, 0.05) is 23.5 Å². The predicted molar refractivity (Wildman–Crippen MR) is 93.9 cm³/mol. The fourth-order valence-electron chi connectivity index (χ4n) is 3.08. The normalized spacial score (nSPS) is 21.0. The van der Waals surface area contributed by atoms with Crippen molar-refractivity contribution in [2.24, 2.45) is 0 Å². The third kappa shape index (κ3) is 2.42. The third-order valence-electron chi connectivity index (χ3n) is 5.11. The van der Waals surface area contributed by atoms with Gasteiger partial charge in [-0.25, -0.2) is 0 Å². The summed E-state index contributed by atoms with van der Waals surface area (Å²) in [5.41, 5.74) is 2.48. The van der Waals surface area contributed by atoms with E-state index in [-0.39, 0.29) is 23.6 Å². The summed E-state index contributed by atoms with van der Waals surface area (Å²) < 4.78 is 18.1. The van der Waals surface area contributed by atoms with Crippen molar-refractivity contribution in [2.75, 3.05) is 6.61 Å². The van der Waals surface area contributed by atoms with E-state index in [2.05, 4.69) is 38.7 Å². The second kappa shape index (κ2) is 5.37. The van der Waals surface area contributed by atoms with E-state index in [9.17, 15) is 0 Å². The molecule has 0 unspecified atom stereocenters. The van der Waals surface area contributed by atoms with Gasteiger partial charge < -0.3 is 14.0 Å². The molecule has 0 bridgehead atoms. The lowest BCUT2D eigenvalue weighted by molar-refractivity contribution is 0.00578. The van der Waals surface area contributed by atoms with Crippen LogP contribution in [0.3, 0.4) is 0 Å². The smallest absolute Gasteiger partial charge is 0.493 e. The van der Waals surface area contributed by atoms with Gasteiger partial charge in [0.1, 0.15) is 5.75 Å². The zero-order valence-electron chi connectivity index (χ0n) is 13.9. The number of pyridine rings is 1. The molecule has 1 saturated heterocycles. The van der Waals surface area contributed by atoms with Crippen LogP contribution in [0.2, 0.25) is 0 Å². The molecule has 0 spiro atoms. The summed E-state index contributed by atoms with van der Waals surface area (Å²) >= 11 is 0. The molecule has 122 valence electrons. The van der Waals surface area contributed by atoms with Gasteiger partial charge in [-0.1, -0.05) is 6.07 Å². The maximum atomic E-state index is 6.19. The van der Waals surface area contributed by atoms with E-state index < -0.39 is 7.12 Å². The van der Waals surface area contributed by atoms with E-state index in [1.807, 2.05) is 18.3 Å². The van der Waals surface area contributed by atoms with Crippen LogP contribution in [0.5, 0.6) is 5.75 Å². The van der Waals surface area contributed by atoms with Crippen LogP contribution in [0.1, 0.15) is 33.3 Å². The molecule has 2 aliphatic rings. The summed E-state index contributed by atoms with van der Waals surface area (Å²) in [4.78, 5) is 4.58. The molecule has 6 heteroatoms.